The average molecular weight is 574 g/mol. The number of morpholine rings is 1. The Kier molecular flexibility index (Phi) is 10.1. The highest BCUT2D eigenvalue weighted by atomic mass is 32.2. The van der Waals surface area contributed by atoms with Crippen LogP contribution in [-0.4, -0.2) is 85.3 Å². The summed E-state index contributed by atoms with van der Waals surface area (Å²) in [7, 11) is 1.64. The second-order valence-corrected chi connectivity index (χ2v) is 13.1. The number of methoxy groups -OCH3 is 1. The van der Waals surface area contributed by atoms with Crippen LogP contribution in [0.1, 0.15) is 43.0 Å². The fraction of sp³-hybridized carbons (Fsp3) is 0.567. The van der Waals surface area contributed by atoms with Crippen LogP contribution < -0.4 is 4.74 Å². The van der Waals surface area contributed by atoms with Crippen LogP contribution in [0.3, 0.4) is 0 Å². The Bertz CT molecular complexity index is 1180. The molecule has 2 saturated heterocycles. The summed E-state index contributed by atoms with van der Waals surface area (Å²) < 4.78 is 28.7. The number of aromatic nitrogens is 1. The zero-order chi connectivity index (χ0) is 27.1. The molecule has 0 spiro atoms. The van der Waals surface area contributed by atoms with Gasteiger partial charge in [-0.3, -0.25) is 9.88 Å². The molecule has 1 N–H and O–H groups in total. The van der Waals surface area contributed by atoms with Crippen LogP contribution in [0.25, 0.3) is 10.9 Å². The van der Waals surface area contributed by atoms with Crippen molar-refractivity contribution in [3.63, 3.8) is 0 Å². The molecule has 212 valence electrons. The summed E-state index contributed by atoms with van der Waals surface area (Å²) in [5.41, 5.74) is 2.22. The van der Waals surface area contributed by atoms with Gasteiger partial charge in [-0.05, 0) is 79.4 Å². The fourth-order valence-electron chi connectivity index (χ4n) is 5.79. The van der Waals surface area contributed by atoms with Crippen molar-refractivity contribution in [3.8, 4) is 5.75 Å². The molecule has 39 heavy (non-hydrogen) atoms. The van der Waals surface area contributed by atoms with Gasteiger partial charge in [0.15, 0.2) is 0 Å². The van der Waals surface area contributed by atoms with Crippen LogP contribution in [0, 0.1) is 5.41 Å². The molecule has 2 aliphatic rings. The number of likely N-dealkylation sites (tertiary alicyclic amines) is 1. The maximum atomic E-state index is 16.3. The smallest absolute Gasteiger partial charge is 0.126 e. The maximum Gasteiger partial charge on any atom is 0.126 e. The summed E-state index contributed by atoms with van der Waals surface area (Å²) in [6.07, 6.45) is 3.59. The van der Waals surface area contributed by atoms with Crippen molar-refractivity contribution in [2.45, 2.75) is 42.6 Å². The van der Waals surface area contributed by atoms with Gasteiger partial charge in [0.25, 0.3) is 0 Å². The molecule has 0 saturated carbocycles. The molecule has 1 aromatic carbocycles. The van der Waals surface area contributed by atoms with E-state index in [1.54, 1.807) is 18.4 Å². The topological polar surface area (TPSA) is 58.1 Å². The molecule has 0 aliphatic carbocycles. The zero-order valence-electron chi connectivity index (χ0n) is 22.8. The van der Waals surface area contributed by atoms with E-state index in [9.17, 15) is 5.11 Å². The molecule has 2 aliphatic heterocycles. The molecular formula is C30H40FN3O3S2. The van der Waals surface area contributed by atoms with E-state index < -0.39 is 6.17 Å². The highest BCUT2D eigenvalue weighted by Crippen LogP contribution is 2.41. The van der Waals surface area contributed by atoms with E-state index in [-0.39, 0.29) is 12.0 Å². The Hall–Kier alpha value is -1.75. The number of hydrogen-bond donors (Lipinski definition) is 1. The average Bonchev–Trinajstić information content (AvgIpc) is 3.50. The van der Waals surface area contributed by atoms with Gasteiger partial charge in [-0.15, -0.1) is 23.1 Å². The molecule has 6 nitrogen and oxygen atoms in total. The number of piperidine rings is 1. The lowest BCUT2D eigenvalue weighted by molar-refractivity contribution is 0.0311. The van der Waals surface area contributed by atoms with Crippen molar-refractivity contribution < 1.29 is 19.0 Å². The van der Waals surface area contributed by atoms with E-state index in [0.717, 1.165) is 73.3 Å². The first-order chi connectivity index (χ1) is 19.1. The van der Waals surface area contributed by atoms with Crippen molar-refractivity contribution in [2.24, 2.45) is 5.41 Å². The number of pyridine rings is 1. The van der Waals surface area contributed by atoms with Crippen LogP contribution in [0.2, 0.25) is 0 Å². The maximum absolute atomic E-state index is 16.3. The minimum atomic E-state index is -1.14. The van der Waals surface area contributed by atoms with E-state index >= 15 is 4.39 Å². The number of hydrogen-bond acceptors (Lipinski definition) is 8. The number of benzene rings is 1. The van der Waals surface area contributed by atoms with Gasteiger partial charge in [-0.1, -0.05) is 6.07 Å². The van der Waals surface area contributed by atoms with E-state index in [1.807, 2.05) is 36.2 Å². The predicted molar refractivity (Wildman–Crippen MR) is 158 cm³/mol. The summed E-state index contributed by atoms with van der Waals surface area (Å²) in [5, 5.41) is 13.4. The number of halogens is 1. The number of ether oxygens (including phenoxy) is 2. The van der Waals surface area contributed by atoms with Gasteiger partial charge in [0, 0.05) is 55.7 Å². The first-order valence-corrected chi connectivity index (χ1v) is 15.8. The third kappa shape index (κ3) is 7.31. The molecule has 0 unspecified atom stereocenters. The highest BCUT2D eigenvalue weighted by molar-refractivity contribution is 8.01. The minimum absolute atomic E-state index is 0.114. The van der Waals surface area contributed by atoms with Gasteiger partial charge in [-0.25, -0.2) is 4.39 Å². The van der Waals surface area contributed by atoms with E-state index in [1.165, 1.54) is 4.21 Å². The van der Waals surface area contributed by atoms with Crippen molar-refractivity contribution in [3.05, 3.63) is 53.0 Å². The number of thiophene rings is 1. The zero-order valence-corrected chi connectivity index (χ0v) is 24.5. The van der Waals surface area contributed by atoms with Crippen LogP contribution >= 0.6 is 23.1 Å². The Balaban J connectivity index is 1.25. The lowest BCUT2D eigenvalue weighted by atomic mass is 9.74. The third-order valence-corrected chi connectivity index (χ3v) is 10.4. The molecule has 2 fully saturated rings. The first kappa shape index (κ1) is 28.8. The second kappa shape index (κ2) is 13.7. The molecular weight excluding hydrogens is 533 g/mol. The second-order valence-electron chi connectivity index (χ2n) is 10.8. The van der Waals surface area contributed by atoms with E-state index in [2.05, 4.69) is 32.3 Å². The normalized spacial score (nSPS) is 19.4. The van der Waals surface area contributed by atoms with Crippen LogP contribution in [0.5, 0.6) is 5.75 Å². The highest BCUT2D eigenvalue weighted by Gasteiger charge is 2.35. The lowest BCUT2D eigenvalue weighted by Gasteiger charge is -2.41. The predicted octanol–water partition coefficient (Wildman–Crippen LogP) is 5.79. The summed E-state index contributed by atoms with van der Waals surface area (Å²) in [6, 6.07) is 9.97. The molecule has 4 heterocycles. The van der Waals surface area contributed by atoms with Crippen LogP contribution in [0.15, 0.2) is 46.1 Å². The number of thioether (sulfide) groups is 1. The molecule has 3 aromatic rings. The molecule has 1 atom stereocenters. The number of nitrogens with zero attached hydrogens (tertiary/aromatic N) is 3. The molecule has 9 heteroatoms. The van der Waals surface area contributed by atoms with Gasteiger partial charge in [0.1, 0.15) is 11.9 Å². The molecule has 0 amide bonds. The molecule has 2 aromatic heterocycles. The van der Waals surface area contributed by atoms with E-state index in [0.29, 0.717) is 38.3 Å². The Labute approximate surface area is 239 Å². The van der Waals surface area contributed by atoms with E-state index in [4.69, 9.17) is 9.47 Å². The van der Waals surface area contributed by atoms with Gasteiger partial charge in [0.2, 0.25) is 0 Å². The van der Waals surface area contributed by atoms with Crippen molar-refractivity contribution in [1.82, 2.24) is 14.8 Å². The van der Waals surface area contributed by atoms with Crippen LogP contribution in [0.4, 0.5) is 4.39 Å². The summed E-state index contributed by atoms with van der Waals surface area (Å²) in [6.45, 7) is 6.81. The van der Waals surface area contributed by atoms with Gasteiger partial charge < -0.3 is 19.5 Å². The Morgan fingerprint density at radius 1 is 1.18 bits per heavy atom. The monoisotopic (exact) mass is 573 g/mol. The minimum Gasteiger partial charge on any atom is -0.497 e. The van der Waals surface area contributed by atoms with Crippen LogP contribution in [-0.2, 0) is 11.3 Å². The van der Waals surface area contributed by atoms with Crippen molar-refractivity contribution in [1.29, 1.82) is 0 Å². The number of rotatable bonds is 12. The summed E-state index contributed by atoms with van der Waals surface area (Å²) in [5.74, 6) is 1.78. The van der Waals surface area contributed by atoms with Gasteiger partial charge >= 0.3 is 0 Å². The SMILES string of the molecule is COc1ccc2ncc(CN3CCOCC3)c([C@H](F)CCC3(CO)CCN(CCSc4cccs4)CC3)c2c1. The quantitative estimate of drug-likeness (QED) is 0.275. The molecule has 5 rings (SSSR count). The lowest BCUT2D eigenvalue weighted by Crippen LogP contribution is -2.42. The standard InChI is InChI=1S/C30H40FN3O3S2/c1-36-24-4-5-27-25(19-24)29(23(20-32-27)21-34-12-15-37-16-13-34)26(31)6-7-30(22-35)8-10-33(11-9-30)14-18-39-28-3-2-17-38-28/h2-5,17,19-20,26,35H,6-16,18,21-22H2,1H3/t26-/m1/s1. The van der Waals surface area contributed by atoms with Crippen molar-refractivity contribution in [2.75, 3.05) is 65.4 Å². The van der Waals surface area contributed by atoms with Gasteiger partial charge in [0.05, 0.1) is 30.0 Å². The Morgan fingerprint density at radius 3 is 2.72 bits per heavy atom. The first-order valence-electron chi connectivity index (χ1n) is 14.0. The largest absolute Gasteiger partial charge is 0.497 e. The summed E-state index contributed by atoms with van der Waals surface area (Å²) in [4.78, 5) is 9.47. The number of aliphatic hydroxyl groups is 1. The number of fused-ring (bicyclic) bond motifs is 1. The number of alkyl halides is 1. The third-order valence-electron chi connectivity index (χ3n) is 8.34. The molecule has 0 radical (unpaired) electrons. The molecule has 0 bridgehead atoms. The van der Waals surface area contributed by atoms with Crippen molar-refractivity contribution >= 4 is 34.0 Å². The number of aliphatic hydroxyl groups excluding tert-OH is 1. The van der Waals surface area contributed by atoms with Gasteiger partial charge in [-0.2, -0.15) is 0 Å². The summed E-state index contributed by atoms with van der Waals surface area (Å²) >= 11 is 3.70. The Morgan fingerprint density at radius 2 is 2.00 bits per heavy atom. The fourth-order valence-corrected chi connectivity index (χ4v) is 7.66.